The van der Waals surface area contributed by atoms with E-state index in [1.165, 1.54) is 18.2 Å². The molecule has 20 heavy (non-hydrogen) atoms. The molecule has 106 valence electrons. The highest BCUT2D eigenvalue weighted by Gasteiger charge is 2.11. The molecule has 0 aliphatic rings. The Morgan fingerprint density at radius 2 is 1.90 bits per heavy atom. The van der Waals surface area contributed by atoms with Crippen molar-refractivity contribution in [2.75, 3.05) is 11.9 Å². The van der Waals surface area contributed by atoms with Crippen molar-refractivity contribution in [1.82, 2.24) is 0 Å². The molecule has 2 rings (SSSR count). The third kappa shape index (κ3) is 3.33. The van der Waals surface area contributed by atoms with Gasteiger partial charge in [-0.1, -0.05) is 18.2 Å². The summed E-state index contributed by atoms with van der Waals surface area (Å²) in [6, 6.07) is 10.9. The zero-order valence-corrected chi connectivity index (χ0v) is 11.5. The van der Waals surface area contributed by atoms with E-state index in [1.54, 1.807) is 43.1 Å². The molecule has 2 aromatic rings. The van der Waals surface area contributed by atoms with Crippen molar-refractivity contribution in [3.8, 4) is 0 Å². The monoisotopic (exact) mass is 277 g/mol. The first-order valence-electron chi connectivity index (χ1n) is 6.40. The number of anilines is 1. The van der Waals surface area contributed by atoms with E-state index in [0.717, 1.165) is 5.56 Å². The second-order valence-electron chi connectivity index (χ2n) is 4.87. The van der Waals surface area contributed by atoms with Gasteiger partial charge in [0.1, 0.15) is 11.6 Å². The number of benzene rings is 2. The van der Waals surface area contributed by atoms with Crippen molar-refractivity contribution in [2.45, 2.75) is 19.6 Å². The fraction of sp³-hybridized carbons (Fsp3) is 0.250. The number of aliphatic hydroxyl groups is 1. The van der Waals surface area contributed by atoms with Crippen LogP contribution in [0.1, 0.15) is 24.2 Å². The molecule has 0 unspecified atom stereocenters. The maximum atomic E-state index is 14.0. The van der Waals surface area contributed by atoms with Gasteiger partial charge >= 0.3 is 0 Å². The molecule has 1 atom stereocenters. The van der Waals surface area contributed by atoms with E-state index in [9.17, 15) is 13.9 Å². The van der Waals surface area contributed by atoms with E-state index in [4.69, 9.17) is 0 Å². The number of aliphatic hydroxyl groups excluding tert-OH is 1. The third-order valence-corrected chi connectivity index (χ3v) is 3.17. The third-order valence-electron chi connectivity index (χ3n) is 3.17. The molecule has 0 aromatic heterocycles. The normalized spacial score (nSPS) is 12.2. The Morgan fingerprint density at radius 1 is 1.15 bits per heavy atom. The predicted octanol–water partition coefficient (Wildman–Crippen LogP) is 3.65. The van der Waals surface area contributed by atoms with E-state index in [-0.39, 0.29) is 5.82 Å². The number of halogens is 2. The average molecular weight is 277 g/mol. The molecule has 0 aliphatic carbocycles. The predicted molar refractivity (Wildman–Crippen MR) is 75.5 cm³/mol. The molecule has 2 aromatic carbocycles. The van der Waals surface area contributed by atoms with Crippen molar-refractivity contribution in [1.29, 1.82) is 0 Å². The molecule has 4 heteroatoms. The summed E-state index contributed by atoms with van der Waals surface area (Å²) in [4.78, 5) is 1.70. The first-order chi connectivity index (χ1) is 9.47. The van der Waals surface area contributed by atoms with Crippen LogP contribution in [-0.2, 0) is 6.54 Å². The van der Waals surface area contributed by atoms with Crippen LogP contribution in [0.2, 0.25) is 0 Å². The summed E-state index contributed by atoms with van der Waals surface area (Å²) in [6.07, 6.45) is -0.702. The van der Waals surface area contributed by atoms with Gasteiger partial charge in [0.2, 0.25) is 0 Å². The zero-order chi connectivity index (χ0) is 14.7. The Bertz CT molecular complexity index is 599. The second kappa shape index (κ2) is 6.01. The highest BCUT2D eigenvalue weighted by Crippen LogP contribution is 2.24. The summed E-state index contributed by atoms with van der Waals surface area (Å²) in [7, 11) is 1.74. The second-order valence-corrected chi connectivity index (χ2v) is 4.87. The quantitative estimate of drug-likeness (QED) is 0.922. The Labute approximate surface area is 117 Å². The van der Waals surface area contributed by atoms with E-state index in [2.05, 4.69) is 0 Å². The molecule has 0 bridgehead atoms. The van der Waals surface area contributed by atoms with Gasteiger partial charge in [0, 0.05) is 13.6 Å². The standard InChI is InChI=1S/C16H17F2NO/c1-11(20)13-6-7-16(15(18)9-13)19(2)10-12-4-3-5-14(17)8-12/h3-9,11,20H,10H2,1-2H3/t11-/m1/s1. The molecule has 0 radical (unpaired) electrons. The smallest absolute Gasteiger partial charge is 0.146 e. The molecule has 0 fully saturated rings. The van der Waals surface area contributed by atoms with Crippen molar-refractivity contribution in [2.24, 2.45) is 0 Å². The lowest BCUT2D eigenvalue weighted by Crippen LogP contribution is -2.18. The van der Waals surface area contributed by atoms with Crippen LogP contribution in [-0.4, -0.2) is 12.2 Å². The van der Waals surface area contributed by atoms with E-state index < -0.39 is 11.9 Å². The minimum Gasteiger partial charge on any atom is -0.389 e. The highest BCUT2D eigenvalue weighted by atomic mass is 19.1. The average Bonchev–Trinajstić information content (AvgIpc) is 2.38. The topological polar surface area (TPSA) is 23.5 Å². The van der Waals surface area contributed by atoms with Crippen LogP contribution < -0.4 is 4.90 Å². The maximum absolute atomic E-state index is 14.0. The number of rotatable bonds is 4. The lowest BCUT2D eigenvalue weighted by atomic mass is 10.1. The Balaban J connectivity index is 2.19. The van der Waals surface area contributed by atoms with Crippen LogP contribution in [0.3, 0.4) is 0 Å². The van der Waals surface area contributed by atoms with E-state index in [0.29, 0.717) is 17.8 Å². The van der Waals surface area contributed by atoms with Crippen LogP contribution in [0.4, 0.5) is 14.5 Å². The molecule has 0 saturated carbocycles. The molecule has 2 nitrogen and oxygen atoms in total. The van der Waals surface area contributed by atoms with Crippen molar-refractivity contribution in [3.05, 3.63) is 65.2 Å². The SMILES string of the molecule is C[C@@H](O)c1ccc(N(C)Cc2cccc(F)c2)c(F)c1. The molecular formula is C16H17F2NO. The maximum Gasteiger partial charge on any atom is 0.146 e. The Morgan fingerprint density at radius 3 is 2.50 bits per heavy atom. The number of hydrogen-bond acceptors (Lipinski definition) is 2. The summed E-state index contributed by atoms with van der Waals surface area (Å²) >= 11 is 0. The van der Waals surface area contributed by atoms with Gasteiger partial charge < -0.3 is 10.0 Å². The summed E-state index contributed by atoms with van der Waals surface area (Å²) in [5.41, 5.74) is 1.72. The van der Waals surface area contributed by atoms with E-state index in [1.807, 2.05) is 0 Å². The summed E-state index contributed by atoms with van der Waals surface area (Å²) in [5.74, 6) is -0.705. The summed E-state index contributed by atoms with van der Waals surface area (Å²) in [5, 5.41) is 9.42. The van der Waals surface area contributed by atoms with Gasteiger partial charge in [-0.25, -0.2) is 8.78 Å². The van der Waals surface area contributed by atoms with Crippen molar-refractivity contribution in [3.63, 3.8) is 0 Å². The van der Waals surface area contributed by atoms with E-state index >= 15 is 0 Å². The van der Waals surface area contributed by atoms with Gasteiger partial charge in [-0.05, 0) is 42.3 Å². The molecule has 0 heterocycles. The first kappa shape index (κ1) is 14.5. The molecule has 0 spiro atoms. The zero-order valence-electron chi connectivity index (χ0n) is 11.5. The lowest BCUT2D eigenvalue weighted by molar-refractivity contribution is 0.199. The van der Waals surface area contributed by atoms with Crippen LogP contribution in [0.25, 0.3) is 0 Å². The summed E-state index contributed by atoms with van der Waals surface area (Å²) in [6.45, 7) is 1.99. The van der Waals surface area contributed by atoms with Crippen LogP contribution in [0.5, 0.6) is 0 Å². The van der Waals surface area contributed by atoms with Gasteiger partial charge in [-0.15, -0.1) is 0 Å². The largest absolute Gasteiger partial charge is 0.389 e. The van der Waals surface area contributed by atoms with Crippen molar-refractivity contribution >= 4 is 5.69 Å². The fourth-order valence-corrected chi connectivity index (χ4v) is 2.09. The van der Waals surface area contributed by atoms with Crippen molar-refractivity contribution < 1.29 is 13.9 Å². The number of hydrogen-bond donors (Lipinski definition) is 1. The van der Waals surface area contributed by atoms with Crippen LogP contribution in [0, 0.1) is 11.6 Å². The van der Waals surface area contributed by atoms with Gasteiger partial charge in [0.05, 0.1) is 11.8 Å². The minimum absolute atomic E-state index is 0.305. The first-order valence-corrected chi connectivity index (χ1v) is 6.40. The Kier molecular flexibility index (Phi) is 4.35. The Hall–Kier alpha value is -1.94. The molecule has 0 amide bonds. The van der Waals surface area contributed by atoms with Crippen LogP contribution in [0.15, 0.2) is 42.5 Å². The van der Waals surface area contributed by atoms with Gasteiger partial charge in [0.25, 0.3) is 0 Å². The van der Waals surface area contributed by atoms with Gasteiger partial charge in [-0.2, -0.15) is 0 Å². The summed E-state index contributed by atoms with van der Waals surface area (Å²) < 4.78 is 27.1. The molecule has 1 N–H and O–H groups in total. The molecule has 0 saturated heterocycles. The van der Waals surface area contributed by atoms with Gasteiger partial charge in [-0.3, -0.25) is 0 Å². The highest BCUT2D eigenvalue weighted by molar-refractivity contribution is 5.49. The van der Waals surface area contributed by atoms with Gasteiger partial charge in [0.15, 0.2) is 0 Å². The molecular weight excluding hydrogens is 260 g/mol. The van der Waals surface area contributed by atoms with Crippen LogP contribution >= 0.6 is 0 Å². The lowest BCUT2D eigenvalue weighted by Gasteiger charge is -2.21. The fourth-order valence-electron chi connectivity index (χ4n) is 2.09. The molecule has 0 aliphatic heterocycles. The minimum atomic E-state index is -0.702. The number of nitrogens with zero attached hydrogens (tertiary/aromatic N) is 1.